The van der Waals surface area contributed by atoms with Crippen LogP contribution in [0, 0.1) is 20.8 Å². The van der Waals surface area contributed by atoms with Gasteiger partial charge >= 0.3 is 5.97 Å². The van der Waals surface area contributed by atoms with E-state index in [4.69, 9.17) is 9.47 Å². The van der Waals surface area contributed by atoms with E-state index in [1.165, 1.54) is 4.90 Å². The molecule has 162 valence electrons. The van der Waals surface area contributed by atoms with Gasteiger partial charge in [0.1, 0.15) is 5.69 Å². The molecule has 7 nitrogen and oxygen atoms in total. The molecule has 0 aliphatic rings. The number of hydrogen-bond acceptors (Lipinski definition) is 5. The Morgan fingerprint density at radius 1 is 1.13 bits per heavy atom. The largest absolute Gasteiger partial charge is 0.461 e. The first-order valence-electron chi connectivity index (χ1n) is 10.0. The molecular formula is C23H30N2O5. The van der Waals surface area contributed by atoms with Gasteiger partial charge in [-0.05, 0) is 51.8 Å². The van der Waals surface area contributed by atoms with Crippen LogP contribution in [0.2, 0.25) is 0 Å². The zero-order valence-corrected chi connectivity index (χ0v) is 18.5. The van der Waals surface area contributed by atoms with E-state index in [0.29, 0.717) is 29.0 Å². The van der Waals surface area contributed by atoms with Crippen LogP contribution in [0.1, 0.15) is 61.9 Å². The second-order valence-corrected chi connectivity index (χ2v) is 7.19. The summed E-state index contributed by atoms with van der Waals surface area (Å²) < 4.78 is 10.2. The fourth-order valence-electron chi connectivity index (χ4n) is 3.51. The molecule has 1 amide bonds. The van der Waals surface area contributed by atoms with Gasteiger partial charge in [0.2, 0.25) is 0 Å². The fourth-order valence-corrected chi connectivity index (χ4v) is 3.51. The molecule has 0 aliphatic carbocycles. The maximum absolute atomic E-state index is 13.4. The van der Waals surface area contributed by atoms with E-state index in [0.717, 1.165) is 5.56 Å². The van der Waals surface area contributed by atoms with Crippen molar-refractivity contribution in [2.24, 2.45) is 0 Å². The number of H-pyrrole nitrogens is 1. The number of esters is 1. The van der Waals surface area contributed by atoms with Gasteiger partial charge in [-0.25, -0.2) is 4.79 Å². The number of rotatable bonds is 9. The number of Topliss-reactive ketones (excluding diaryl/α,β-unsaturated/α-hetero) is 1. The minimum Gasteiger partial charge on any atom is -0.461 e. The lowest BCUT2D eigenvalue weighted by atomic mass is 9.98. The molecule has 0 radical (unpaired) electrons. The van der Waals surface area contributed by atoms with Gasteiger partial charge in [0.15, 0.2) is 5.78 Å². The Kier molecular flexibility index (Phi) is 7.94. The summed E-state index contributed by atoms with van der Waals surface area (Å²) in [5.41, 5.74) is 3.15. The second kappa shape index (κ2) is 10.2. The average molecular weight is 415 g/mol. The first-order valence-corrected chi connectivity index (χ1v) is 10.0. The zero-order valence-electron chi connectivity index (χ0n) is 18.5. The lowest BCUT2D eigenvalue weighted by Gasteiger charge is -2.29. The first-order chi connectivity index (χ1) is 14.2. The van der Waals surface area contributed by atoms with Crippen molar-refractivity contribution < 1.29 is 23.9 Å². The third-order valence-corrected chi connectivity index (χ3v) is 5.18. The molecule has 1 aromatic heterocycles. The number of amides is 1. The van der Waals surface area contributed by atoms with Gasteiger partial charge in [0.25, 0.3) is 5.91 Å². The number of methoxy groups -OCH3 is 1. The normalized spacial score (nSPS) is 11.8. The Balaban J connectivity index is 2.40. The number of ketones is 1. The molecule has 7 heteroatoms. The maximum Gasteiger partial charge on any atom is 0.355 e. The Morgan fingerprint density at radius 2 is 1.80 bits per heavy atom. The average Bonchev–Trinajstić information content (AvgIpc) is 3.02. The van der Waals surface area contributed by atoms with Gasteiger partial charge in [-0.1, -0.05) is 18.2 Å². The number of nitrogens with zero attached hydrogens (tertiary/aromatic N) is 1. The molecule has 0 fully saturated rings. The van der Waals surface area contributed by atoms with Gasteiger partial charge in [-0.2, -0.15) is 0 Å². The number of hydrogen-bond donors (Lipinski definition) is 1. The van der Waals surface area contributed by atoms with Crippen molar-refractivity contribution >= 4 is 17.7 Å². The molecule has 2 aromatic rings. The van der Waals surface area contributed by atoms with Crippen molar-refractivity contribution in [1.29, 1.82) is 0 Å². The van der Waals surface area contributed by atoms with Crippen LogP contribution >= 0.6 is 0 Å². The van der Waals surface area contributed by atoms with Crippen LogP contribution in [-0.2, 0) is 9.47 Å². The van der Waals surface area contributed by atoms with E-state index in [1.54, 1.807) is 46.9 Å². The molecular weight excluding hydrogens is 384 g/mol. The van der Waals surface area contributed by atoms with Crippen LogP contribution in [0.3, 0.4) is 0 Å². The molecule has 0 saturated carbocycles. The third kappa shape index (κ3) is 4.79. The number of aromatic amines is 1. The smallest absolute Gasteiger partial charge is 0.355 e. The molecule has 30 heavy (non-hydrogen) atoms. The van der Waals surface area contributed by atoms with E-state index < -0.39 is 12.0 Å². The van der Waals surface area contributed by atoms with Crippen LogP contribution < -0.4 is 0 Å². The summed E-state index contributed by atoms with van der Waals surface area (Å²) in [6.45, 7) is 9.53. The number of carbonyl (C=O) groups excluding carboxylic acids is 3. The van der Waals surface area contributed by atoms with E-state index in [2.05, 4.69) is 4.98 Å². The van der Waals surface area contributed by atoms with Crippen molar-refractivity contribution in [2.75, 3.05) is 26.9 Å². The van der Waals surface area contributed by atoms with Gasteiger partial charge in [-0.3, -0.25) is 9.59 Å². The van der Waals surface area contributed by atoms with E-state index >= 15 is 0 Å². The van der Waals surface area contributed by atoms with Crippen molar-refractivity contribution in [1.82, 2.24) is 9.88 Å². The Morgan fingerprint density at radius 3 is 2.40 bits per heavy atom. The highest BCUT2D eigenvalue weighted by atomic mass is 16.5. The summed E-state index contributed by atoms with van der Waals surface area (Å²) in [6.07, 6.45) is 0. The Bertz CT molecular complexity index is 932. The van der Waals surface area contributed by atoms with Crippen LogP contribution in [0.15, 0.2) is 24.3 Å². The molecule has 1 heterocycles. The van der Waals surface area contributed by atoms with Crippen LogP contribution in [0.5, 0.6) is 0 Å². The summed E-state index contributed by atoms with van der Waals surface area (Å²) >= 11 is 0. The van der Waals surface area contributed by atoms with Crippen LogP contribution in [-0.4, -0.2) is 60.5 Å². The van der Waals surface area contributed by atoms with Gasteiger partial charge in [0, 0.05) is 30.5 Å². The molecule has 0 aliphatic heterocycles. The highest BCUT2D eigenvalue weighted by Gasteiger charge is 2.32. The summed E-state index contributed by atoms with van der Waals surface area (Å²) in [4.78, 5) is 43.3. The van der Waals surface area contributed by atoms with Gasteiger partial charge in [-0.15, -0.1) is 0 Å². The number of ether oxygens (including phenoxy) is 2. The Labute approximate surface area is 177 Å². The predicted molar refractivity (Wildman–Crippen MR) is 114 cm³/mol. The summed E-state index contributed by atoms with van der Waals surface area (Å²) in [5, 5.41) is 0. The monoisotopic (exact) mass is 414 g/mol. The molecule has 0 spiro atoms. The van der Waals surface area contributed by atoms with Crippen molar-refractivity contribution in [3.8, 4) is 0 Å². The molecule has 1 aromatic carbocycles. The quantitative estimate of drug-likeness (QED) is 0.501. The lowest BCUT2D eigenvalue weighted by molar-refractivity contribution is 0.0518. The number of benzene rings is 1. The van der Waals surface area contributed by atoms with Crippen LogP contribution in [0.25, 0.3) is 0 Å². The summed E-state index contributed by atoms with van der Waals surface area (Å²) in [5.74, 6) is -0.977. The number of aryl methyl sites for hydroxylation is 2. The standard InChI is InChI=1S/C23H30N2O5/c1-7-30-23(28)20-15(3)19(16(4)24-20)21(26)17(5)25(12-13-29-6)22(27)18-11-9-8-10-14(18)2/h8-11,17,24H,7,12-13H2,1-6H3/t17-/m0/s1. The SMILES string of the molecule is CCOC(=O)c1[nH]c(C)c(C(=O)[C@H](C)N(CCOC)C(=O)c2ccccc2C)c1C. The minimum atomic E-state index is -0.740. The van der Waals surface area contributed by atoms with Gasteiger partial charge in [0.05, 0.1) is 19.3 Å². The molecule has 1 atom stereocenters. The molecule has 2 rings (SSSR count). The third-order valence-electron chi connectivity index (χ3n) is 5.18. The highest BCUT2D eigenvalue weighted by molar-refractivity contribution is 6.07. The number of aromatic nitrogens is 1. The maximum atomic E-state index is 13.4. The van der Waals surface area contributed by atoms with Gasteiger partial charge < -0.3 is 19.4 Å². The van der Waals surface area contributed by atoms with E-state index in [1.807, 2.05) is 19.1 Å². The lowest BCUT2D eigenvalue weighted by Crippen LogP contribution is -2.45. The summed E-state index contributed by atoms with van der Waals surface area (Å²) in [6, 6.07) is 6.54. The first kappa shape index (κ1) is 23.3. The predicted octanol–water partition coefficient (Wildman–Crippen LogP) is 3.48. The van der Waals surface area contributed by atoms with E-state index in [-0.39, 0.29) is 30.5 Å². The highest BCUT2D eigenvalue weighted by Crippen LogP contribution is 2.23. The minimum absolute atomic E-state index is 0.234. The molecule has 1 N–H and O–H groups in total. The van der Waals surface area contributed by atoms with Crippen LogP contribution in [0.4, 0.5) is 0 Å². The van der Waals surface area contributed by atoms with Crippen molar-refractivity contribution in [3.63, 3.8) is 0 Å². The van der Waals surface area contributed by atoms with Crippen molar-refractivity contribution in [3.05, 3.63) is 57.9 Å². The van der Waals surface area contributed by atoms with Crippen molar-refractivity contribution in [2.45, 2.75) is 40.7 Å². The molecule has 0 saturated heterocycles. The topological polar surface area (TPSA) is 88.7 Å². The number of nitrogens with one attached hydrogen (secondary N) is 1. The second-order valence-electron chi connectivity index (χ2n) is 7.19. The van der Waals surface area contributed by atoms with E-state index in [9.17, 15) is 14.4 Å². The Hall–Kier alpha value is -2.93. The summed E-state index contributed by atoms with van der Waals surface area (Å²) in [7, 11) is 1.55. The molecule has 0 bridgehead atoms. The fraction of sp³-hybridized carbons (Fsp3) is 0.435. The zero-order chi connectivity index (χ0) is 22.4. The number of carbonyl (C=O) groups is 3. The molecule has 0 unspecified atom stereocenters.